The summed E-state index contributed by atoms with van der Waals surface area (Å²) >= 11 is 0. The molecular weight excluding hydrogens is 224 g/mol. The van der Waals surface area contributed by atoms with Crippen LogP contribution >= 0.6 is 0 Å². The van der Waals surface area contributed by atoms with E-state index in [0.717, 1.165) is 22.3 Å². The highest BCUT2D eigenvalue weighted by atomic mass is 16.3. The van der Waals surface area contributed by atoms with Crippen LogP contribution in [0.1, 0.15) is 34.5 Å². The normalized spacial score (nSPS) is 22.6. The van der Waals surface area contributed by atoms with Gasteiger partial charge in [0.25, 0.3) is 0 Å². The molecule has 0 saturated heterocycles. The van der Waals surface area contributed by atoms with Gasteiger partial charge in [-0.3, -0.25) is 0 Å². The van der Waals surface area contributed by atoms with Gasteiger partial charge in [0, 0.05) is 12.8 Å². The first-order valence-electron chi connectivity index (χ1n) is 6.26. The second-order valence-electron chi connectivity index (χ2n) is 4.92. The highest BCUT2D eigenvalue weighted by molar-refractivity contribution is 5.31. The Kier molecular flexibility index (Phi) is 2.90. The Bertz CT molecular complexity index is 477. The Morgan fingerprint density at radius 1 is 0.611 bits per heavy atom. The average molecular weight is 240 g/mol. The number of aliphatic hydroxyl groups excluding tert-OH is 2. The zero-order valence-electron chi connectivity index (χ0n) is 10.1. The molecule has 4 bridgehead atoms. The Morgan fingerprint density at radius 3 is 1.28 bits per heavy atom. The van der Waals surface area contributed by atoms with E-state index < -0.39 is 12.2 Å². The van der Waals surface area contributed by atoms with Crippen LogP contribution in [-0.4, -0.2) is 10.2 Å². The van der Waals surface area contributed by atoms with E-state index in [9.17, 15) is 10.2 Å². The largest absolute Gasteiger partial charge is 0.388 e. The molecule has 2 atom stereocenters. The Hall–Kier alpha value is -1.64. The van der Waals surface area contributed by atoms with Crippen LogP contribution in [0, 0.1) is 0 Å². The fourth-order valence-electron chi connectivity index (χ4n) is 2.43. The number of aliphatic hydroxyl groups is 2. The van der Waals surface area contributed by atoms with Gasteiger partial charge in [0.05, 0.1) is 12.2 Å². The summed E-state index contributed by atoms with van der Waals surface area (Å²) in [6, 6.07) is 15.7. The maximum Gasteiger partial charge on any atom is 0.0830 e. The molecule has 0 spiro atoms. The van der Waals surface area contributed by atoms with Gasteiger partial charge in [0.15, 0.2) is 0 Å². The molecule has 92 valence electrons. The molecule has 0 saturated carbocycles. The zero-order valence-corrected chi connectivity index (χ0v) is 10.1. The van der Waals surface area contributed by atoms with Crippen molar-refractivity contribution in [1.82, 2.24) is 0 Å². The van der Waals surface area contributed by atoms with Crippen molar-refractivity contribution in [1.29, 1.82) is 0 Å². The van der Waals surface area contributed by atoms with Gasteiger partial charge in [0.2, 0.25) is 0 Å². The van der Waals surface area contributed by atoms with Crippen LogP contribution < -0.4 is 0 Å². The van der Waals surface area contributed by atoms with E-state index in [4.69, 9.17) is 0 Å². The first kappa shape index (κ1) is 11.5. The molecule has 0 fully saturated rings. The van der Waals surface area contributed by atoms with Gasteiger partial charge in [-0.05, 0) is 22.3 Å². The monoisotopic (exact) mass is 240 g/mol. The highest BCUT2D eigenvalue weighted by Gasteiger charge is 2.13. The van der Waals surface area contributed by atoms with Crippen molar-refractivity contribution < 1.29 is 10.2 Å². The van der Waals surface area contributed by atoms with Crippen molar-refractivity contribution in [3.8, 4) is 0 Å². The lowest BCUT2D eigenvalue weighted by atomic mass is 9.94. The second kappa shape index (κ2) is 4.56. The summed E-state index contributed by atoms with van der Waals surface area (Å²) in [7, 11) is 0. The molecule has 2 unspecified atom stereocenters. The van der Waals surface area contributed by atoms with Crippen molar-refractivity contribution in [2.45, 2.75) is 25.0 Å². The zero-order chi connectivity index (χ0) is 12.5. The van der Waals surface area contributed by atoms with Gasteiger partial charge in [0.1, 0.15) is 0 Å². The van der Waals surface area contributed by atoms with Crippen LogP contribution in [0.4, 0.5) is 0 Å². The summed E-state index contributed by atoms with van der Waals surface area (Å²) in [5.41, 5.74) is 4.03. The molecule has 2 N–H and O–H groups in total. The molecule has 18 heavy (non-hydrogen) atoms. The van der Waals surface area contributed by atoms with Crippen LogP contribution in [-0.2, 0) is 12.8 Å². The summed E-state index contributed by atoms with van der Waals surface area (Å²) in [6.45, 7) is 0. The fourth-order valence-corrected chi connectivity index (χ4v) is 2.43. The molecule has 0 amide bonds. The van der Waals surface area contributed by atoms with E-state index in [1.807, 2.05) is 48.5 Å². The lowest BCUT2D eigenvalue weighted by Gasteiger charge is -2.17. The summed E-state index contributed by atoms with van der Waals surface area (Å²) in [4.78, 5) is 0. The molecule has 0 heterocycles. The summed E-state index contributed by atoms with van der Waals surface area (Å²) < 4.78 is 0. The second-order valence-corrected chi connectivity index (χ2v) is 4.92. The van der Waals surface area contributed by atoms with Gasteiger partial charge in [-0.2, -0.15) is 0 Å². The minimum atomic E-state index is -0.464. The lowest BCUT2D eigenvalue weighted by molar-refractivity contribution is 0.175. The molecule has 0 radical (unpaired) electrons. The van der Waals surface area contributed by atoms with Gasteiger partial charge in [-0.1, -0.05) is 48.5 Å². The molecule has 2 aromatic rings. The smallest absolute Gasteiger partial charge is 0.0830 e. The van der Waals surface area contributed by atoms with Crippen molar-refractivity contribution in [2.24, 2.45) is 0 Å². The van der Waals surface area contributed by atoms with Gasteiger partial charge >= 0.3 is 0 Å². The number of hydrogen-bond donors (Lipinski definition) is 2. The van der Waals surface area contributed by atoms with Crippen LogP contribution in [0.3, 0.4) is 0 Å². The van der Waals surface area contributed by atoms with E-state index in [1.54, 1.807) is 0 Å². The van der Waals surface area contributed by atoms with Crippen molar-refractivity contribution in [3.63, 3.8) is 0 Å². The number of rotatable bonds is 0. The summed E-state index contributed by atoms with van der Waals surface area (Å²) in [5.74, 6) is 0. The SMILES string of the molecule is OC1Cc2ccc(cc2)C(O)Cc2ccc1cc2. The molecule has 0 aliphatic heterocycles. The van der Waals surface area contributed by atoms with Crippen molar-refractivity contribution >= 4 is 0 Å². The number of benzene rings is 2. The third kappa shape index (κ3) is 2.17. The van der Waals surface area contributed by atoms with Gasteiger partial charge in [-0.15, -0.1) is 0 Å². The maximum absolute atomic E-state index is 10.2. The maximum atomic E-state index is 10.2. The van der Waals surface area contributed by atoms with E-state index in [1.165, 1.54) is 0 Å². The van der Waals surface area contributed by atoms with Crippen LogP contribution in [0.15, 0.2) is 48.5 Å². The molecular formula is C16H16O2. The molecule has 2 heteroatoms. The highest BCUT2D eigenvalue weighted by Crippen LogP contribution is 2.25. The Balaban J connectivity index is 2.05. The predicted octanol–water partition coefficient (Wildman–Crippen LogP) is 2.55. The third-order valence-corrected chi connectivity index (χ3v) is 3.59. The van der Waals surface area contributed by atoms with Crippen LogP contribution in [0.25, 0.3) is 0 Å². The molecule has 4 aliphatic carbocycles. The molecule has 2 aromatic carbocycles. The molecule has 2 nitrogen and oxygen atoms in total. The van der Waals surface area contributed by atoms with Gasteiger partial charge in [-0.25, -0.2) is 0 Å². The molecule has 6 rings (SSSR count). The topological polar surface area (TPSA) is 40.5 Å². The number of hydrogen-bond acceptors (Lipinski definition) is 2. The Labute approximate surface area is 107 Å². The fraction of sp³-hybridized carbons (Fsp3) is 0.250. The van der Waals surface area contributed by atoms with E-state index in [0.29, 0.717) is 12.8 Å². The standard InChI is InChI=1S/C16H16O2/c17-15-9-11-1-5-13(6-2-11)16(18)10-12-3-7-14(15)8-4-12/h1-8,15-18H,9-10H2. The first-order valence-corrected chi connectivity index (χ1v) is 6.26. The average Bonchev–Trinajstić information content (AvgIpc) is 2.39. The first-order chi connectivity index (χ1) is 8.72. The van der Waals surface area contributed by atoms with E-state index in [-0.39, 0.29) is 0 Å². The lowest BCUT2D eigenvalue weighted by Crippen LogP contribution is -2.06. The molecule has 4 aliphatic rings. The van der Waals surface area contributed by atoms with Crippen LogP contribution in [0.2, 0.25) is 0 Å². The summed E-state index contributed by atoms with van der Waals surface area (Å²) in [5, 5.41) is 20.3. The molecule has 0 aromatic heterocycles. The Morgan fingerprint density at radius 2 is 0.944 bits per heavy atom. The predicted molar refractivity (Wildman–Crippen MR) is 70.2 cm³/mol. The van der Waals surface area contributed by atoms with E-state index >= 15 is 0 Å². The third-order valence-electron chi connectivity index (χ3n) is 3.59. The van der Waals surface area contributed by atoms with Crippen LogP contribution in [0.5, 0.6) is 0 Å². The van der Waals surface area contributed by atoms with Crippen molar-refractivity contribution in [3.05, 3.63) is 70.8 Å². The quantitative estimate of drug-likeness (QED) is 0.743. The minimum Gasteiger partial charge on any atom is -0.388 e. The van der Waals surface area contributed by atoms with Crippen molar-refractivity contribution in [2.75, 3.05) is 0 Å². The van der Waals surface area contributed by atoms with E-state index in [2.05, 4.69) is 0 Å². The van der Waals surface area contributed by atoms with Gasteiger partial charge < -0.3 is 10.2 Å². The minimum absolute atomic E-state index is 0.464. The summed E-state index contributed by atoms with van der Waals surface area (Å²) in [6.07, 6.45) is 0.286.